The summed E-state index contributed by atoms with van der Waals surface area (Å²) in [4.78, 5) is 0. The van der Waals surface area contributed by atoms with Crippen molar-refractivity contribution in [3.8, 4) is 0 Å². The summed E-state index contributed by atoms with van der Waals surface area (Å²) in [5.74, 6) is -0.364. The van der Waals surface area contributed by atoms with Crippen LogP contribution in [0.25, 0.3) is 0 Å². The molecule has 0 bridgehead atoms. The van der Waals surface area contributed by atoms with Gasteiger partial charge in [0, 0.05) is 5.56 Å². The lowest BCUT2D eigenvalue weighted by atomic mass is 10.0. The molecule has 0 radical (unpaired) electrons. The van der Waals surface area contributed by atoms with Crippen LogP contribution in [0.3, 0.4) is 0 Å². The van der Waals surface area contributed by atoms with E-state index in [9.17, 15) is 4.39 Å². The van der Waals surface area contributed by atoms with Gasteiger partial charge in [-0.25, -0.2) is 4.39 Å². The van der Waals surface area contributed by atoms with Crippen LogP contribution >= 0.6 is 0 Å². The Morgan fingerprint density at radius 1 is 1.62 bits per heavy atom. The highest BCUT2D eigenvalue weighted by atomic mass is 19.1. The smallest absolute Gasteiger partial charge is 0.129 e. The summed E-state index contributed by atoms with van der Waals surface area (Å²) in [6.07, 6.45) is 0. The number of aliphatic hydroxyl groups is 1. The molecule has 3 heteroatoms. The zero-order valence-corrected chi connectivity index (χ0v) is 7.38. The molecule has 0 aromatic heterocycles. The van der Waals surface area contributed by atoms with Crippen molar-refractivity contribution < 1.29 is 14.2 Å². The Balaban J connectivity index is 2.36. The van der Waals surface area contributed by atoms with Crippen molar-refractivity contribution in [2.24, 2.45) is 0 Å². The second-order valence-corrected chi connectivity index (χ2v) is 3.48. The molecule has 0 aliphatic carbocycles. The van der Waals surface area contributed by atoms with Crippen LogP contribution in [0.1, 0.15) is 18.1 Å². The maximum atomic E-state index is 13.2. The standard InChI is InChI=1S/C10H11FO2/c1-10(6-13-10)8-3-2-7(5-12)9(11)4-8/h2-4,12H,5-6H2,1H3. The summed E-state index contributed by atoms with van der Waals surface area (Å²) in [6.45, 7) is 2.30. The average molecular weight is 182 g/mol. The Hall–Kier alpha value is -0.930. The van der Waals surface area contributed by atoms with E-state index in [0.717, 1.165) is 5.56 Å². The Kier molecular flexibility index (Phi) is 1.86. The Morgan fingerprint density at radius 3 is 2.77 bits per heavy atom. The summed E-state index contributed by atoms with van der Waals surface area (Å²) in [5.41, 5.74) is 0.865. The number of hydrogen-bond acceptors (Lipinski definition) is 2. The van der Waals surface area contributed by atoms with E-state index < -0.39 is 0 Å². The van der Waals surface area contributed by atoms with Crippen molar-refractivity contribution in [3.05, 3.63) is 35.1 Å². The fraction of sp³-hybridized carbons (Fsp3) is 0.400. The van der Waals surface area contributed by atoms with E-state index in [1.807, 2.05) is 6.92 Å². The lowest BCUT2D eigenvalue weighted by Crippen LogP contribution is -2.03. The number of epoxide rings is 1. The van der Waals surface area contributed by atoms with Gasteiger partial charge in [-0.2, -0.15) is 0 Å². The Bertz CT molecular complexity index is 332. The highest BCUT2D eigenvalue weighted by Gasteiger charge is 2.41. The Labute approximate surface area is 76.0 Å². The van der Waals surface area contributed by atoms with Gasteiger partial charge in [0.15, 0.2) is 0 Å². The number of halogens is 1. The highest BCUT2D eigenvalue weighted by Crippen LogP contribution is 2.38. The fourth-order valence-electron chi connectivity index (χ4n) is 1.28. The number of aliphatic hydroxyl groups excluding tert-OH is 1. The average Bonchev–Trinajstić information content (AvgIpc) is 2.85. The molecule has 0 spiro atoms. The first kappa shape index (κ1) is 8.66. The topological polar surface area (TPSA) is 32.8 Å². The van der Waals surface area contributed by atoms with E-state index in [1.165, 1.54) is 6.07 Å². The SMILES string of the molecule is CC1(c2ccc(CO)c(F)c2)CO1. The van der Waals surface area contributed by atoms with Crippen molar-refractivity contribution in [2.75, 3.05) is 6.61 Å². The molecule has 0 amide bonds. The van der Waals surface area contributed by atoms with Crippen molar-refractivity contribution in [1.82, 2.24) is 0 Å². The van der Waals surface area contributed by atoms with E-state index in [4.69, 9.17) is 9.84 Å². The molecule has 13 heavy (non-hydrogen) atoms. The third-order valence-corrected chi connectivity index (χ3v) is 2.41. The minimum atomic E-state index is -0.364. The van der Waals surface area contributed by atoms with Gasteiger partial charge in [0.25, 0.3) is 0 Å². The monoisotopic (exact) mass is 182 g/mol. The quantitative estimate of drug-likeness (QED) is 0.704. The van der Waals surface area contributed by atoms with Gasteiger partial charge >= 0.3 is 0 Å². The molecule has 0 saturated carbocycles. The lowest BCUT2D eigenvalue weighted by molar-refractivity contribution is 0.275. The molecule has 70 valence electrons. The molecule has 1 heterocycles. The zero-order valence-electron chi connectivity index (χ0n) is 7.38. The van der Waals surface area contributed by atoms with Gasteiger partial charge in [0.2, 0.25) is 0 Å². The molecule has 1 aliphatic rings. The molecule has 1 atom stereocenters. The van der Waals surface area contributed by atoms with Crippen LogP contribution in [0, 0.1) is 5.82 Å². The van der Waals surface area contributed by atoms with Gasteiger partial charge in [-0.3, -0.25) is 0 Å². The van der Waals surface area contributed by atoms with Gasteiger partial charge in [-0.05, 0) is 18.6 Å². The van der Waals surface area contributed by atoms with Crippen LogP contribution in [-0.4, -0.2) is 11.7 Å². The normalized spacial score (nSPS) is 26.1. The van der Waals surface area contributed by atoms with Gasteiger partial charge in [-0.1, -0.05) is 12.1 Å². The predicted octanol–water partition coefficient (Wildman–Crippen LogP) is 1.56. The minimum absolute atomic E-state index is 0.260. The molecule has 1 fully saturated rings. The zero-order chi connectivity index (χ0) is 9.47. The second kappa shape index (κ2) is 2.79. The summed E-state index contributed by atoms with van der Waals surface area (Å²) < 4.78 is 18.4. The van der Waals surface area contributed by atoms with Crippen LogP contribution in [0.15, 0.2) is 18.2 Å². The molecule has 1 N–H and O–H groups in total. The summed E-state index contributed by atoms with van der Waals surface area (Å²) in [7, 11) is 0. The number of rotatable bonds is 2. The van der Waals surface area contributed by atoms with Crippen molar-refractivity contribution in [1.29, 1.82) is 0 Å². The van der Waals surface area contributed by atoms with Gasteiger partial charge < -0.3 is 9.84 Å². The Morgan fingerprint density at radius 2 is 2.31 bits per heavy atom. The minimum Gasteiger partial charge on any atom is -0.392 e. The maximum absolute atomic E-state index is 13.2. The van der Waals surface area contributed by atoms with E-state index in [-0.39, 0.29) is 18.0 Å². The third-order valence-electron chi connectivity index (χ3n) is 2.41. The van der Waals surface area contributed by atoms with E-state index >= 15 is 0 Å². The summed E-state index contributed by atoms with van der Waals surface area (Å²) >= 11 is 0. The molecule has 1 unspecified atom stereocenters. The van der Waals surface area contributed by atoms with Crippen LogP contribution < -0.4 is 0 Å². The van der Waals surface area contributed by atoms with Crippen molar-refractivity contribution >= 4 is 0 Å². The molecular weight excluding hydrogens is 171 g/mol. The first-order valence-electron chi connectivity index (χ1n) is 4.19. The van der Waals surface area contributed by atoms with Crippen molar-refractivity contribution in [2.45, 2.75) is 19.1 Å². The second-order valence-electron chi connectivity index (χ2n) is 3.48. The van der Waals surface area contributed by atoms with E-state index in [2.05, 4.69) is 0 Å². The maximum Gasteiger partial charge on any atom is 0.129 e. The lowest BCUT2D eigenvalue weighted by Gasteiger charge is -2.06. The predicted molar refractivity (Wildman–Crippen MR) is 45.6 cm³/mol. The van der Waals surface area contributed by atoms with Crippen LogP contribution in [0.2, 0.25) is 0 Å². The molecule has 1 aromatic carbocycles. The molecular formula is C10H11FO2. The molecule has 1 saturated heterocycles. The highest BCUT2D eigenvalue weighted by molar-refractivity contribution is 5.30. The number of hydrogen-bond donors (Lipinski definition) is 1. The third kappa shape index (κ3) is 1.45. The van der Waals surface area contributed by atoms with Crippen LogP contribution in [-0.2, 0) is 16.9 Å². The van der Waals surface area contributed by atoms with Crippen molar-refractivity contribution in [3.63, 3.8) is 0 Å². The summed E-state index contributed by atoms with van der Waals surface area (Å²) in [5, 5.41) is 8.76. The van der Waals surface area contributed by atoms with Crippen LogP contribution in [0.4, 0.5) is 4.39 Å². The first-order valence-corrected chi connectivity index (χ1v) is 4.19. The van der Waals surface area contributed by atoms with Crippen LogP contribution in [0.5, 0.6) is 0 Å². The van der Waals surface area contributed by atoms with Gasteiger partial charge in [0.05, 0.1) is 13.2 Å². The molecule has 2 rings (SSSR count). The van der Waals surface area contributed by atoms with Gasteiger partial charge in [-0.15, -0.1) is 0 Å². The molecule has 1 aromatic rings. The first-order chi connectivity index (χ1) is 6.15. The summed E-state index contributed by atoms with van der Waals surface area (Å²) in [6, 6.07) is 4.82. The number of ether oxygens (including phenoxy) is 1. The molecule has 2 nitrogen and oxygen atoms in total. The molecule has 1 aliphatic heterocycles. The fourth-order valence-corrected chi connectivity index (χ4v) is 1.28. The largest absolute Gasteiger partial charge is 0.392 e. The van der Waals surface area contributed by atoms with E-state index in [0.29, 0.717) is 12.2 Å². The number of benzene rings is 1. The van der Waals surface area contributed by atoms with E-state index in [1.54, 1.807) is 12.1 Å². The van der Waals surface area contributed by atoms with Gasteiger partial charge in [0.1, 0.15) is 11.4 Å².